The fourth-order valence-corrected chi connectivity index (χ4v) is 3.25. The molecule has 2 N–H and O–H groups in total. The number of hydrogen-bond donors (Lipinski definition) is 1. The summed E-state index contributed by atoms with van der Waals surface area (Å²) in [4.78, 5) is 20.4. The van der Waals surface area contributed by atoms with Crippen LogP contribution in [0, 0.1) is 22.0 Å². The summed E-state index contributed by atoms with van der Waals surface area (Å²) in [6.07, 6.45) is 6.03. The topological polar surface area (TPSA) is 98.2 Å². The normalized spacial score (nSPS) is 30.2. The first-order valence-electron chi connectivity index (χ1n) is 6.62. The number of nitro groups is 1. The van der Waals surface area contributed by atoms with Crippen LogP contribution in [0.15, 0.2) is 12.4 Å². The second kappa shape index (κ2) is 4.73. The van der Waals surface area contributed by atoms with Crippen LogP contribution in [0.2, 0.25) is 0 Å². The quantitative estimate of drug-likeness (QED) is 0.630. The molecule has 0 radical (unpaired) electrons. The molecule has 7 heteroatoms. The van der Waals surface area contributed by atoms with Crippen molar-refractivity contribution in [2.75, 3.05) is 18.0 Å². The maximum atomic E-state index is 10.6. The molecule has 0 aromatic carbocycles. The molecule has 3 rings (SSSR count). The zero-order valence-electron chi connectivity index (χ0n) is 10.6. The van der Waals surface area contributed by atoms with Crippen molar-refractivity contribution >= 4 is 11.6 Å². The monoisotopic (exact) mass is 263 g/mol. The predicted octanol–water partition coefficient (Wildman–Crippen LogP) is 0.948. The molecule has 2 fully saturated rings. The lowest BCUT2D eigenvalue weighted by Gasteiger charge is -2.29. The smallest absolute Gasteiger partial charge is 0.305 e. The molecule has 3 unspecified atom stereocenters. The Morgan fingerprint density at radius 2 is 2.05 bits per heavy atom. The second-order valence-electron chi connectivity index (χ2n) is 5.42. The largest absolute Gasteiger partial charge is 0.340 e. The molecule has 19 heavy (non-hydrogen) atoms. The maximum Gasteiger partial charge on any atom is 0.305 e. The molecular formula is C12H17N5O2. The Morgan fingerprint density at radius 1 is 1.32 bits per heavy atom. The van der Waals surface area contributed by atoms with Gasteiger partial charge >= 0.3 is 5.69 Å². The highest BCUT2D eigenvalue weighted by Gasteiger charge is 2.39. The van der Waals surface area contributed by atoms with E-state index < -0.39 is 4.92 Å². The fraction of sp³-hybridized carbons (Fsp3) is 0.667. The summed E-state index contributed by atoms with van der Waals surface area (Å²) in [5, 5.41) is 10.6. The van der Waals surface area contributed by atoms with E-state index in [0.29, 0.717) is 17.8 Å². The molecule has 0 amide bonds. The van der Waals surface area contributed by atoms with E-state index in [9.17, 15) is 10.1 Å². The van der Waals surface area contributed by atoms with Gasteiger partial charge in [-0.05, 0) is 24.7 Å². The average Bonchev–Trinajstić information content (AvgIpc) is 2.84. The molecule has 0 bridgehead atoms. The first kappa shape index (κ1) is 12.3. The van der Waals surface area contributed by atoms with Crippen molar-refractivity contribution in [3.8, 4) is 0 Å². The molecule has 7 nitrogen and oxygen atoms in total. The lowest BCUT2D eigenvalue weighted by atomic mass is 9.78. The van der Waals surface area contributed by atoms with Gasteiger partial charge < -0.3 is 10.6 Å². The Bertz CT molecular complexity index is 478. The molecule has 102 valence electrons. The van der Waals surface area contributed by atoms with Gasteiger partial charge in [0.25, 0.3) is 0 Å². The summed E-state index contributed by atoms with van der Waals surface area (Å²) >= 11 is 0. The van der Waals surface area contributed by atoms with Gasteiger partial charge in [-0.1, -0.05) is 6.42 Å². The Balaban J connectivity index is 1.75. The van der Waals surface area contributed by atoms with Gasteiger partial charge in [0.2, 0.25) is 5.95 Å². The van der Waals surface area contributed by atoms with Crippen molar-refractivity contribution in [2.45, 2.75) is 25.3 Å². The van der Waals surface area contributed by atoms with Crippen molar-refractivity contribution < 1.29 is 4.92 Å². The molecule has 0 spiro atoms. The van der Waals surface area contributed by atoms with E-state index in [0.717, 1.165) is 19.5 Å². The number of nitrogens with two attached hydrogens (primary N) is 1. The van der Waals surface area contributed by atoms with E-state index in [1.54, 1.807) is 0 Å². The van der Waals surface area contributed by atoms with Crippen LogP contribution in [0.4, 0.5) is 11.6 Å². The minimum Gasteiger partial charge on any atom is -0.340 e. The van der Waals surface area contributed by atoms with Crippen LogP contribution in [0.3, 0.4) is 0 Å². The van der Waals surface area contributed by atoms with Crippen LogP contribution in [-0.2, 0) is 0 Å². The molecule has 1 aromatic heterocycles. The molecule has 1 saturated heterocycles. The molecule has 1 aliphatic heterocycles. The number of aromatic nitrogens is 2. The SMILES string of the molecule is NC1CCCC2CN(c3ncc([N+](=O)[O-])cn3)CC12. The van der Waals surface area contributed by atoms with E-state index in [2.05, 4.69) is 14.9 Å². The highest BCUT2D eigenvalue weighted by Crippen LogP contribution is 2.36. The average molecular weight is 263 g/mol. The Morgan fingerprint density at radius 3 is 2.68 bits per heavy atom. The van der Waals surface area contributed by atoms with Gasteiger partial charge in [-0.15, -0.1) is 0 Å². The van der Waals surface area contributed by atoms with Gasteiger partial charge in [0.1, 0.15) is 12.4 Å². The van der Waals surface area contributed by atoms with E-state index in [1.807, 2.05) is 0 Å². The summed E-state index contributed by atoms with van der Waals surface area (Å²) < 4.78 is 0. The first-order valence-corrected chi connectivity index (χ1v) is 6.62. The third-order valence-electron chi connectivity index (χ3n) is 4.27. The van der Waals surface area contributed by atoms with E-state index in [4.69, 9.17) is 5.73 Å². The van der Waals surface area contributed by atoms with E-state index in [1.165, 1.54) is 25.2 Å². The van der Waals surface area contributed by atoms with Crippen LogP contribution in [-0.4, -0.2) is 34.0 Å². The zero-order valence-corrected chi connectivity index (χ0v) is 10.6. The molecule has 2 heterocycles. The Hall–Kier alpha value is -1.76. The Kier molecular flexibility index (Phi) is 3.06. The molecule has 2 aliphatic rings. The van der Waals surface area contributed by atoms with Crippen LogP contribution in [0.1, 0.15) is 19.3 Å². The third-order valence-corrected chi connectivity index (χ3v) is 4.27. The van der Waals surface area contributed by atoms with Crippen LogP contribution in [0.25, 0.3) is 0 Å². The second-order valence-corrected chi connectivity index (χ2v) is 5.42. The zero-order chi connectivity index (χ0) is 13.4. The molecule has 1 aliphatic carbocycles. The van der Waals surface area contributed by atoms with Crippen molar-refractivity contribution in [2.24, 2.45) is 17.6 Å². The lowest BCUT2D eigenvalue weighted by Crippen LogP contribution is -2.38. The van der Waals surface area contributed by atoms with Gasteiger partial charge in [-0.3, -0.25) is 10.1 Å². The van der Waals surface area contributed by atoms with E-state index in [-0.39, 0.29) is 11.7 Å². The maximum absolute atomic E-state index is 10.6. The van der Waals surface area contributed by atoms with E-state index >= 15 is 0 Å². The first-order chi connectivity index (χ1) is 9.15. The van der Waals surface area contributed by atoms with Crippen molar-refractivity contribution in [1.29, 1.82) is 0 Å². The molecule has 3 atom stereocenters. The summed E-state index contributed by atoms with van der Waals surface area (Å²) in [5.41, 5.74) is 6.10. The van der Waals surface area contributed by atoms with Crippen LogP contribution < -0.4 is 10.6 Å². The lowest BCUT2D eigenvalue weighted by molar-refractivity contribution is -0.385. The molecule has 1 aromatic rings. The summed E-state index contributed by atoms with van der Waals surface area (Å²) in [6, 6.07) is 0.266. The van der Waals surface area contributed by atoms with Gasteiger partial charge in [0.15, 0.2) is 0 Å². The molecular weight excluding hydrogens is 246 g/mol. The standard InChI is InChI=1S/C12H17N5O2/c13-11-3-1-2-8-6-16(7-10(8)11)12-14-4-9(5-15-12)17(18)19/h4-5,8,10-11H,1-3,6-7,13H2. The van der Waals surface area contributed by atoms with Crippen LogP contribution >= 0.6 is 0 Å². The fourth-order valence-electron chi connectivity index (χ4n) is 3.25. The number of anilines is 1. The molecule has 1 saturated carbocycles. The predicted molar refractivity (Wildman–Crippen MR) is 69.7 cm³/mol. The highest BCUT2D eigenvalue weighted by molar-refractivity contribution is 5.36. The highest BCUT2D eigenvalue weighted by atomic mass is 16.6. The van der Waals surface area contributed by atoms with Gasteiger partial charge in [0, 0.05) is 19.1 Å². The Labute approximate surface area is 111 Å². The number of hydrogen-bond acceptors (Lipinski definition) is 6. The number of fused-ring (bicyclic) bond motifs is 1. The summed E-state index contributed by atoms with van der Waals surface area (Å²) in [7, 11) is 0. The van der Waals surface area contributed by atoms with Gasteiger partial charge in [0.05, 0.1) is 4.92 Å². The van der Waals surface area contributed by atoms with Crippen molar-refractivity contribution in [3.05, 3.63) is 22.5 Å². The summed E-state index contributed by atoms with van der Waals surface area (Å²) in [5.74, 6) is 1.70. The van der Waals surface area contributed by atoms with Gasteiger partial charge in [-0.2, -0.15) is 0 Å². The number of rotatable bonds is 2. The number of nitrogens with zero attached hydrogens (tertiary/aromatic N) is 4. The van der Waals surface area contributed by atoms with Crippen molar-refractivity contribution in [1.82, 2.24) is 9.97 Å². The van der Waals surface area contributed by atoms with Crippen molar-refractivity contribution in [3.63, 3.8) is 0 Å². The minimum absolute atomic E-state index is 0.0722. The third kappa shape index (κ3) is 2.25. The summed E-state index contributed by atoms with van der Waals surface area (Å²) in [6.45, 7) is 1.78. The van der Waals surface area contributed by atoms with Gasteiger partial charge in [-0.25, -0.2) is 9.97 Å². The minimum atomic E-state index is -0.483. The van der Waals surface area contributed by atoms with Crippen LogP contribution in [0.5, 0.6) is 0 Å².